The minimum absolute atomic E-state index is 0. The molecule has 3 rings (SSSR count). The van der Waals surface area contributed by atoms with Crippen LogP contribution < -0.4 is 5.32 Å². The van der Waals surface area contributed by atoms with Gasteiger partial charge in [0.05, 0.1) is 5.69 Å². The van der Waals surface area contributed by atoms with Gasteiger partial charge in [0, 0.05) is 23.7 Å². The lowest BCUT2D eigenvalue weighted by atomic mass is 9.96. The fourth-order valence-electron chi connectivity index (χ4n) is 3.00. The summed E-state index contributed by atoms with van der Waals surface area (Å²) in [5, 5.41) is 11.0. The summed E-state index contributed by atoms with van der Waals surface area (Å²) >= 11 is 5.90. The van der Waals surface area contributed by atoms with Crippen molar-refractivity contribution in [3.05, 3.63) is 41.0 Å². The van der Waals surface area contributed by atoms with Crippen LogP contribution in [0.2, 0.25) is 5.02 Å². The van der Waals surface area contributed by atoms with Crippen molar-refractivity contribution in [2.75, 3.05) is 26.7 Å². The molecule has 2 aromatic rings. The molecule has 7 heteroatoms. The molecule has 0 saturated carbocycles. The number of amides is 1. The zero-order valence-corrected chi connectivity index (χ0v) is 15.2. The van der Waals surface area contributed by atoms with Crippen LogP contribution in [-0.4, -0.2) is 47.7 Å². The van der Waals surface area contributed by atoms with E-state index < -0.39 is 0 Å². The first-order valence-corrected chi connectivity index (χ1v) is 8.30. The topological polar surface area (TPSA) is 61.0 Å². The third-order valence-electron chi connectivity index (χ3n) is 4.34. The Balaban J connectivity index is 0.00000208. The van der Waals surface area contributed by atoms with Crippen molar-refractivity contribution in [3.8, 4) is 11.3 Å². The van der Waals surface area contributed by atoms with E-state index in [9.17, 15) is 4.79 Å². The Labute approximate surface area is 153 Å². The number of H-pyrrole nitrogens is 1. The van der Waals surface area contributed by atoms with Crippen molar-refractivity contribution < 1.29 is 4.79 Å². The van der Waals surface area contributed by atoms with E-state index in [2.05, 4.69) is 15.5 Å². The smallest absolute Gasteiger partial charge is 0.271 e. The lowest BCUT2D eigenvalue weighted by molar-refractivity contribution is 0.0685. The van der Waals surface area contributed by atoms with E-state index in [-0.39, 0.29) is 18.3 Å². The molecule has 0 unspecified atom stereocenters. The molecule has 24 heavy (non-hydrogen) atoms. The van der Waals surface area contributed by atoms with Crippen LogP contribution >= 0.6 is 24.0 Å². The molecule has 1 saturated heterocycles. The summed E-state index contributed by atoms with van der Waals surface area (Å²) in [5.41, 5.74) is 2.24. The quantitative estimate of drug-likeness (QED) is 0.870. The van der Waals surface area contributed by atoms with Crippen molar-refractivity contribution >= 4 is 29.9 Å². The number of hydrogen-bond donors (Lipinski definition) is 2. The minimum Gasteiger partial charge on any atom is -0.337 e. The fourth-order valence-corrected chi connectivity index (χ4v) is 3.12. The van der Waals surface area contributed by atoms with Crippen molar-refractivity contribution in [3.63, 3.8) is 0 Å². The summed E-state index contributed by atoms with van der Waals surface area (Å²) in [5.74, 6) is 0.691. The molecular formula is C17H22Cl2N4O. The fraction of sp³-hybridized carbons (Fsp3) is 0.412. The molecule has 1 aromatic carbocycles. The monoisotopic (exact) mass is 368 g/mol. The number of carbonyl (C=O) groups is 1. The maximum absolute atomic E-state index is 12.6. The minimum atomic E-state index is 0. The van der Waals surface area contributed by atoms with Gasteiger partial charge in [0.2, 0.25) is 0 Å². The summed E-state index contributed by atoms with van der Waals surface area (Å²) in [6.45, 7) is 2.63. The third-order valence-corrected chi connectivity index (χ3v) is 4.59. The molecule has 2 N–H and O–H groups in total. The van der Waals surface area contributed by atoms with E-state index in [1.807, 2.05) is 42.3 Å². The number of nitrogens with zero attached hydrogens (tertiary/aromatic N) is 2. The van der Waals surface area contributed by atoms with Gasteiger partial charge in [-0.25, -0.2) is 0 Å². The standard InChI is InChI=1S/C17H21ClN4O.ClH/c1-19-11-12-6-8-22(9-7-12)17(23)16-10-15(20-21-16)13-2-4-14(18)5-3-13;/h2-5,10,12,19H,6-9,11H2,1H3,(H,20,21);1H. The molecule has 0 aliphatic carbocycles. The Morgan fingerprint density at radius 2 is 2.00 bits per heavy atom. The largest absolute Gasteiger partial charge is 0.337 e. The van der Waals surface area contributed by atoms with Crippen molar-refractivity contribution in [2.45, 2.75) is 12.8 Å². The first-order valence-electron chi connectivity index (χ1n) is 7.92. The van der Waals surface area contributed by atoms with E-state index in [1.165, 1.54) is 0 Å². The Morgan fingerprint density at radius 3 is 2.62 bits per heavy atom. The molecule has 1 fully saturated rings. The second kappa shape index (κ2) is 8.51. The van der Waals surface area contributed by atoms with Crippen LogP contribution in [-0.2, 0) is 0 Å². The highest BCUT2D eigenvalue weighted by Gasteiger charge is 2.24. The van der Waals surface area contributed by atoms with Crippen molar-refractivity contribution in [2.24, 2.45) is 5.92 Å². The van der Waals surface area contributed by atoms with E-state index in [4.69, 9.17) is 11.6 Å². The van der Waals surface area contributed by atoms with Gasteiger partial charge in [-0.05, 0) is 50.6 Å². The van der Waals surface area contributed by atoms with Crippen LogP contribution in [0.4, 0.5) is 0 Å². The highest BCUT2D eigenvalue weighted by atomic mass is 35.5. The average Bonchev–Trinajstić information content (AvgIpc) is 3.06. The molecule has 5 nitrogen and oxygen atoms in total. The second-order valence-corrected chi connectivity index (χ2v) is 6.40. The maximum atomic E-state index is 12.6. The van der Waals surface area contributed by atoms with Gasteiger partial charge in [0.25, 0.3) is 5.91 Å². The summed E-state index contributed by atoms with van der Waals surface area (Å²) < 4.78 is 0. The van der Waals surface area contributed by atoms with Crippen LogP contribution in [0.1, 0.15) is 23.3 Å². The molecule has 1 aromatic heterocycles. The van der Waals surface area contributed by atoms with Gasteiger partial charge in [-0.3, -0.25) is 9.89 Å². The zero-order valence-electron chi connectivity index (χ0n) is 13.6. The number of halogens is 2. The lowest BCUT2D eigenvalue weighted by Gasteiger charge is -2.31. The highest BCUT2D eigenvalue weighted by molar-refractivity contribution is 6.30. The normalized spacial score (nSPS) is 15.2. The van der Waals surface area contributed by atoms with Crippen LogP contribution in [0.3, 0.4) is 0 Å². The van der Waals surface area contributed by atoms with Crippen molar-refractivity contribution in [1.29, 1.82) is 0 Å². The van der Waals surface area contributed by atoms with Crippen LogP contribution in [0.5, 0.6) is 0 Å². The highest BCUT2D eigenvalue weighted by Crippen LogP contribution is 2.22. The van der Waals surface area contributed by atoms with Gasteiger partial charge in [-0.15, -0.1) is 12.4 Å². The average molecular weight is 369 g/mol. The summed E-state index contributed by atoms with van der Waals surface area (Å²) in [4.78, 5) is 14.5. The van der Waals surface area contributed by atoms with E-state index in [1.54, 1.807) is 0 Å². The number of aromatic nitrogens is 2. The van der Waals surface area contributed by atoms with Gasteiger partial charge in [0.15, 0.2) is 0 Å². The lowest BCUT2D eigenvalue weighted by Crippen LogP contribution is -2.40. The van der Waals surface area contributed by atoms with E-state index in [0.29, 0.717) is 16.6 Å². The number of nitrogens with one attached hydrogen (secondary N) is 2. The molecule has 0 spiro atoms. The van der Waals surface area contributed by atoms with Gasteiger partial charge in [-0.2, -0.15) is 5.10 Å². The summed E-state index contributed by atoms with van der Waals surface area (Å²) in [6.07, 6.45) is 2.09. The molecule has 1 amide bonds. The Hall–Kier alpha value is -1.56. The molecule has 1 aliphatic rings. The predicted octanol–water partition coefficient (Wildman–Crippen LogP) is 3.22. The molecule has 130 valence electrons. The third kappa shape index (κ3) is 4.29. The van der Waals surface area contributed by atoms with Gasteiger partial charge in [0.1, 0.15) is 5.69 Å². The Morgan fingerprint density at radius 1 is 1.33 bits per heavy atom. The second-order valence-electron chi connectivity index (χ2n) is 5.97. The number of rotatable bonds is 4. The molecule has 2 heterocycles. The van der Waals surface area contributed by atoms with Gasteiger partial charge < -0.3 is 10.2 Å². The molecule has 0 radical (unpaired) electrons. The molecule has 0 bridgehead atoms. The van der Waals surface area contributed by atoms with Crippen LogP contribution in [0.25, 0.3) is 11.3 Å². The maximum Gasteiger partial charge on any atom is 0.271 e. The van der Waals surface area contributed by atoms with Crippen LogP contribution in [0.15, 0.2) is 30.3 Å². The predicted molar refractivity (Wildman–Crippen MR) is 98.8 cm³/mol. The first-order chi connectivity index (χ1) is 11.2. The van der Waals surface area contributed by atoms with Crippen molar-refractivity contribution in [1.82, 2.24) is 20.4 Å². The molecular weight excluding hydrogens is 347 g/mol. The molecule has 0 atom stereocenters. The SMILES string of the molecule is CNCC1CCN(C(=O)c2cc(-c3ccc(Cl)cc3)n[nH]2)CC1.Cl. The first kappa shape index (κ1) is 18.8. The number of likely N-dealkylation sites (tertiary alicyclic amines) is 1. The Bertz CT molecular complexity index is 663. The van der Waals surface area contributed by atoms with E-state index in [0.717, 1.165) is 43.7 Å². The summed E-state index contributed by atoms with van der Waals surface area (Å²) in [7, 11) is 1.97. The van der Waals surface area contributed by atoms with Gasteiger partial charge >= 0.3 is 0 Å². The number of benzene rings is 1. The summed E-state index contributed by atoms with van der Waals surface area (Å²) in [6, 6.07) is 9.25. The Kier molecular flexibility index (Phi) is 6.66. The van der Waals surface area contributed by atoms with Crippen LogP contribution in [0, 0.1) is 5.92 Å². The number of hydrogen-bond acceptors (Lipinski definition) is 3. The number of aromatic amines is 1. The van der Waals surface area contributed by atoms with Gasteiger partial charge in [-0.1, -0.05) is 23.7 Å². The number of piperidine rings is 1. The zero-order chi connectivity index (χ0) is 16.2. The number of carbonyl (C=O) groups excluding carboxylic acids is 1. The molecule has 1 aliphatic heterocycles. The van der Waals surface area contributed by atoms with E-state index >= 15 is 0 Å².